The molecule has 0 saturated carbocycles. The molecule has 1 heterocycles. The molecule has 2 aliphatic rings. The highest BCUT2D eigenvalue weighted by Crippen LogP contribution is 2.67. The number of nitrogens with zero attached hydrogens (tertiary/aromatic N) is 1. The van der Waals surface area contributed by atoms with Crippen molar-refractivity contribution in [3.8, 4) is 0 Å². The van der Waals surface area contributed by atoms with Gasteiger partial charge in [0.25, 0.3) is 0 Å². The predicted molar refractivity (Wildman–Crippen MR) is 96.2 cm³/mol. The highest BCUT2D eigenvalue weighted by molar-refractivity contribution is 7.70. The molecule has 3 heteroatoms. The summed E-state index contributed by atoms with van der Waals surface area (Å²) in [6.45, 7) is 0. The maximum Gasteiger partial charge on any atom is 0.186 e. The summed E-state index contributed by atoms with van der Waals surface area (Å²) in [6.07, 6.45) is 8.49. The lowest BCUT2D eigenvalue weighted by Gasteiger charge is -2.27. The van der Waals surface area contributed by atoms with Gasteiger partial charge in [0.1, 0.15) is 0 Å². The fourth-order valence-corrected chi connectivity index (χ4v) is 7.43. The second-order valence-corrected chi connectivity index (χ2v) is 9.21. The molecular formula is C20H20NOP. The highest BCUT2D eigenvalue weighted by Gasteiger charge is 2.54. The van der Waals surface area contributed by atoms with Gasteiger partial charge >= 0.3 is 0 Å². The van der Waals surface area contributed by atoms with E-state index in [0.29, 0.717) is 0 Å². The molecule has 0 amide bonds. The summed E-state index contributed by atoms with van der Waals surface area (Å²) in [5.74, 6) is 0.249. The zero-order valence-corrected chi connectivity index (χ0v) is 14.0. The molecule has 0 radical (unpaired) electrons. The number of hydrogen-bond acceptors (Lipinski definition) is 1. The monoisotopic (exact) mass is 321 g/mol. The predicted octanol–water partition coefficient (Wildman–Crippen LogP) is 4.39. The van der Waals surface area contributed by atoms with Gasteiger partial charge in [0.2, 0.25) is 0 Å². The van der Waals surface area contributed by atoms with E-state index in [1.807, 2.05) is 49.5 Å². The van der Waals surface area contributed by atoms with Gasteiger partial charge in [-0.15, -0.1) is 0 Å². The molecule has 0 unspecified atom stereocenters. The minimum atomic E-state index is -2.67. The third-order valence-electron chi connectivity index (χ3n) is 5.05. The first-order chi connectivity index (χ1) is 11.2. The van der Waals surface area contributed by atoms with Gasteiger partial charge in [-0.25, -0.2) is 4.67 Å². The third-order valence-corrected chi connectivity index (χ3v) is 8.60. The maximum absolute atomic E-state index is 14.1. The van der Waals surface area contributed by atoms with Crippen molar-refractivity contribution in [2.75, 3.05) is 7.05 Å². The Morgan fingerprint density at radius 1 is 0.870 bits per heavy atom. The van der Waals surface area contributed by atoms with Gasteiger partial charge in [-0.05, 0) is 12.6 Å². The van der Waals surface area contributed by atoms with Crippen molar-refractivity contribution < 1.29 is 4.57 Å². The third kappa shape index (κ3) is 2.17. The van der Waals surface area contributed by atoms with Gasteiger partial charge in [-0.2, -0.15) is 0 Å². The first-order valence-corrected chi connectivity index (χ1v) is 9.74. The second kappa shape index (κ2) is 5.63. The van der Waals surface area contributed by atoms with E-state index < -0.39 is 7.29 Å². The number of hydrogen-bond donors (Lipinski definition) is 0. The molecule has 1 aliphatic carbocycles. The Kier molecular flexibility index (Phi) is 3.60. The summed E-state index contributed by atoms with van der Waals surface area (Å²) < 4.78 is 16.3. The molecule has 2 aromatic rings. The van der Waals surface area contributed by atoms with Crippen LogP contribution in [0.15, 0.2) is 85.0 Å². The van der Waals surface area contributed by atoms with Crippen molar-refractivity contribution in [1.29, 1.82) is 0 Å². The number of fused-ring (bicyclic) bond motifs is 1. The van der Waals surface area contributed by atoms with Gasteiger partial charge in [-0.1, -0.05) is 85.0 Å². The highest BCUT2D eigenvalue weighted by atomic mass is 31.2. The summed E-state index contributed by atoms with van der Waals surface area (Å²) >= 11 is 0. The summed E-state index contributed by atoms with van der Waals surface area (Å²) in [4.78, 5) is 0. The largest absolute Gasteiger partial charge is 0.301 e. The van der Waals surface area contributed by atoms with Crippen LogP contribution in [-0.4, -0.2) is 17.4 Å². The quantitative estimate of drug-likeness (QED) is 0.765. The van der Waals surface area contributed by atoms with Crippen molar-refractivity contribution in [2.45, 2.75) is 11.7 Å². The van der Waals surface area contributed by atoms with Crippen LogP contribution in [0.5, 0.6) is 0 Å². The van der Waals surface area contributed by atoms with Crippen molar-refractivity contribution in [2.24, 2.45) is 5.92 Å². The van der Waals surface area contributed by atoms with Gasteiger partial charge in [0, 0.05) is 17.3 Å². The van der Waals surface area contributed by atoms with Gasteiger partial charge in [0.05, 0.1) is 5.66 Å². The van der Waals surface area contributed by atoms with Crippen LogP contribution in [0.3, 0.4) is 0 Å². The van der Waals surface area contributed by atoms with E-state index in [1.165, 1.54) is 5.56 Å². The Morgan fingerprint density at radius 3 is 2.17 bits per heavy atom. The lowest BCUT2D eigenvalue weighted by molar-refractivity contribution is 0.361. The Hall–Kier alpha value is -1.89. The van der Waals surface area contributed by atoms with Crippen LogP contribution in [-0.2, 0) is 4.57 Å². The molecule has 4 atom stereocenters. The van der Waals surface area contributed by atoms with Crippen LogP contribution in [0.4, 0.5) is 0 Å². The van der Waals surface area contributed by atoms with Crippen LogP contribution in [0, 0.1) is 5.92 Å². The minimum absolute atomic E-state index is 0.0464. The average Bonchev–Trinajstić information content (AvgIpc) is 2.86. The molecule has 116 valence electrons. The standard InChI is InChI=1S/C20H20NOP/c1-21-20(16-10-4-2-5-11-16)18-14-8-9-15-19(18)23(21,22)17-12-6-3-7-13-17/h2-15,18-20H,1H3/t18-,19+,20+,23+/m1/s1. The van der Waals surface area contributed by atoms with E-state index in [2.05, 4.69) is 47.2 Å². The Balaban J connectivity index is 1.87. The fourth-order valence-electron chi connectivity index (χ4n) is 3.98. The number of rotatable bonds is 2. The fraction of sp³-hybridized carbons (Fsp3) is 0.200. The van der Waals surface area contributed by atoms with E-state index in [0.717, 1.165) is 5.30 Å². The second-order valence-electron chi connectivity index (χ2n) is 6.23. The summed E-state index contributed by atoms with van der Waals surface area (Å²) in [5.41, 5.74) is 1.28. The van der Waals surface area contributed by atoms with Crippen LogP contribution in [0.25, 0.3) is 0 Å². The summed E-state index contributed by atoms with van der Waals surface area (Å²) in [7, 11) is -0.652. The topological polar surface area (TPSA) is 20.3 Å². The van der Waals surface area contributed by atoms with Crippen molar-refractivity contribution in [3.63, 3.8) is 0 Å². The zero-order chi connectivity index (χ0) is 15.9. The SMILES string of the molecule is CN1[C@@H](c2ccccc2)[C@@H]2C=CC=C[C@@H]2[P@@]1(=O)c1ccccc1. The zero-order valence-electron chi connectivity index (χ0n) is 13.1. The van der Waals surface area contributed by atoms with Crippen molar-refractivity contribution >= 4 is 12.6 Å². The molecule has 0 bridgehead atoms. The molecule has 2 nitrogen and oxygen atoms in total. The molecule has 1 fully saturated rings. The molecular weight excluding hydrogens is 301 g/mol. The Morgan fingerprint density at radius 2 is 1.48 bits per heavy atom. The van der Waals surface area contributed by atoms with Crippen LogP contribution in [0.1, 0.15) is 11.6 Å². The summed E-state index contributed by atoms with van der Waals surface area (Å²) in [5, 5.41) is 0.955. The molecule has 0 N–H and O–H groups in total. The molecule has 0 spiro atoms. The average molecular weight is 321 g/mol. The van der Waals surface area contributed by atoms with Crippen LogP contribution < -0.4 is 5.30 Å². The molecule has 1 saturated heterocycles. The number of benzene rings is 2. The van der Waals surface area contributed by atoms with E-state index in [4.69, 9.17) is 0 Å². The van der Waals surface area contributed by atoms with E-state index >= 15 is 0 Å². The maximum atomic E-state index is 14.1. The minimum Gasteiger partial charge on any atom is -0.301 e. The summed E-state index contributed by atoms with van der Waals surface area (Å²) in [6, 6.07) is 20.5. The van der Waals surface area contributed by atoms with Crippen LogP contribution in [0.2, 0.25) is 0 Å². The molecule has 1 aliphatic heterocycles. The molecule has 4 rings (SSSR count). The Labute approximate surface area is 137 Å². The van der Waals surface area contributed by atoms with Crippen molar-refractivity contribution in [3.05, 3.63) is 90.5 Å². The molecule has 2 aromatic carbocycles. The molecule has 23 heavy (non-hydrogen) atoms. The normalized spacial score (nSPS) is 32.8. The van der Waals surface area contributed by atoms with Crippen LogP contribution >= 0.6 is 7.29 Å². The van der Waals surface area contributed by atoms with Gasteiger partial charge in [0.15, 0.2) is 7.29 Å². The smallest absolute Gasteiger partial charge is 0.186 e. The van der Waals surface area contributed by atoms with E-state index in [-0.39, 0.29) is 17.6 Å². The van der Waals surface area contributed by atoms with Gasteiger partial charge in [-0.3, -0.25) is 0 Å². The first-order valence-electron chi connectivity index (χ1n) is 8.01. The lowest BCUT2D eigenvalue weighted by Crippen LogP contribution is -2.22. The van der Waals surface area contributed by atoms with E-state index in [9.17, 15) is 4.57 Å². The lowest BCUT2D eigenvalue weighted by atomic mass is 9.88. The van der Waals surface area contributed by atoms with Gasteiger partial charge < -0.3 is 4.57 Å². The Bertz CT molecular complexity index is 797. The van der Waals surface area contributed by atoms with Crippen molar-refractivity contribution in [1.82, 2.24) is 4.67 Å². The first kappa shape index (κ1) is 14.7. The molecule has 0 aromatic heterocycles. The number of allylic oxidation sites excluding steroid dienone is 3. The van der Waals surface area contributed by atoms with E-state index in [1.54, 1.807) is 0 Å².